The van der Waals surface area contributed by atoms with Crippen molar-refractivity contribution in [3.8, 4) is 0 Å². The fraction of sp³-hybridized carbons (Fsp3) is 1.00. The molecule has 0 amide bonds. The van der Waals surface area contributed by atoms with Gasteiger partial charge in [0.2, 0.25) is 0 Å². The normalized spacial score (nSPS) is 60.4. The molecule has 0 atom stereocenters. The van der Waals surface area contributed by atoms with E-state index in [1.807, 2.05) is 0 Å². The van der Waals surface area contributed by atoms with Crippen LogP contribution < -0.4 is 0 Å². The molecule has 0 aromatic heterocycles. The van der Waals surface area contributed by atoms with Gasteiger partial charge in [-0.2, -0.15) is 0 Å². The van der Waals surface area contributed by atoms with Crippen LogP contribution in [0, 0.1) is 23.7 Å². The van der Waals surface area contributed by atoms with Crippen molar-refractivity contribution in [3.63, 3.8) is 0 Å². The molecular weight excluding hydrogens is 127 g/mol. The third-order valence-electron chi connectivity index (χ3n) is 4.70. The number of hydrogen-bond donors (Lipinski definition) is 0. The van der Waals surface area contributed by atoms with E-state index in [4.69, 9.17) is 0 Å². The van der Waals surface area contributed by atoms with Gasteiger partial charge in [-0.05, 0) is 0 Å². The fourth-order valence-corrected chi connectivity index (χ4v) is 4.20. The van der Waals surface area contributed by atoms with E-state index in [1.165, 1.54) is 0 Å². The van der Waals surface area contributed by atoms with Crippen LogP contribution in [-0.2, 0) is 0 Å². The van der Waals surface area contributed by atoms with Crippen molar-refractivity contribution in [1.29, 1.82) is 0 Å². The van der Waals surface area contributed by atoms with Crippen LogP contribution in [0.4, 0.5) is 0 Å². The van der Waals surface area contributed by atoms with Gasteiger partial charge in [-0.25, -0.2) is 0 Å². The van der Waals surface area contributed by atoms with Crippen LogP contribution in [0.1, 0.15) is 32.1 Å². The summed E-state index contributed by atoms with van der Waals surface area (Å²) in [6.07, 6.45) is 7.96. The Labute approximate surface area is 78.3 Å². The van der Waals surface area contributed by atoms with Crippen molar-refractivity contribution in [3.05, 3.63) is 0 Å². The molecule has 4 aliphatic carbocycles. The van der Waals surface area contributed by atoms with E-state index < -0.39 is 0 Å². The zero-order chi connectivity index (χ0) is 7.42. The van der Waals surface area contributed by atoms with Crippen LogP contribution >= 0.6 is 0 Å². The van der Waals surface area contributed by atoms with E-state index in [9.17, 15) is 0 Å². The molecule has 0 radical (unpaired) electrons. The SMILES string of the molecule is [Li][CH]1C2CC3CC(C2)CC1C3. The van der Waals surface area contributed by atoms with Crippen LogP contribution in [-0.4, -0.2) is 17.7 Å². The first-order chi connectivity index (χ1) is 5.33. The van der Waals surface area contributed by atoms with Crippen LogP contribution in [0.15, 0.2) is 0 Å². The van der Waals surface area contributed by atoms with Crippen LogP contribution in [0.2, 0.25) is 4.59 Å². The summed E-state index contributed by atoms with van der Waals surface area (Å²) in [6, 6.07) is 0. The van der Waals surface area contributed by atoms with E-state index >= 15 is 0 Å². The summed E-state index contributed by atoms with van der Waals surface area (Å²) in [6.45, 7) is 0. The fourth-order valence-electron chi connectivity index (χ4n) is 4.20. The first kappa shape index (κ1) is 7.04. The molecule has 4 saturated carbocycles. The first-order valence-corrected chi connectivity index (χ1v) is 5.33. The molecule has 0 spiro atoms. The van der Waals surface area contributed by atoms with Crippen LogP contribution in [0.25, 0.3) is 0 Å². The summed E-state index contributed by atoms with van der Waals surface area (Å²) in [7, 11) is 0. The predicted octanol–water partition coefficient (Wildman–Crippen LogP) is 2.40. The molecule has 0 nitrogen and oxygen atoms in total. The summed E-state index contributed by atoms with van der Waals surface area (Å²) >= 11 is 2.51. The summed E-state index contributed by atoms with van der Waals surface area (Å²) in [5, 5.41) is 0. The third-order valence-corrected chi connectivity index (χ3v) is 4.70. The van der Waals surface area contributed by atoms with Crippen LogP contribution in [0.3, 0.4) is 0 Å². The van der Waals surface area contributed by atoms with Gasteiger partial charge in [0, 0.05) is 0 Å². The van der Waals surface area contributed by atoms with Crippen molar-refractivity contribution in [2.45, 2.75) is 36.7 Å². The topological polar surface area (TPSA) is 0 Å². The molecule has 56 valence electrons. The second kappa shape index (κ2) is 2.30. The summed E-state index contributed by atoms with van der Waals surface area (Å²) in [5.74, 6) is 4.61. The van der Waals surface area contributed by atoms with E-state index in [0.717, 1.165) is 28.3 Å². The Kier molecular flexibility index (Phi) is 1.47. The summed E-state index contributed by atoms with van der Waals surface area (Å²) < 4.78 is 1.09. The van der Waals surface area contributed by atoms with Gasteiger partial charge in [-0.15, -0.1) is 0 Å². The maximum absolute atomic E-state index is 2.51. The Bertz CT molecular complexity index is 148. The standard InChI is InChI=1S/C10H15.Li/c1-7-2-9-4-8(1)5-10(3-7)6-9;/h1,7-10H,2-6H2;. The van der Waals surface area contributed by atoms with Crippen molar-refractivity contribution in [2.24, 2.45) is 23.7 Å². The van der Waals surface area contributed by atoms with Crippen molar-refractivity contribution >= 4 is 17.7 Å². The Hall–Kier alpha value is 0.597. The molecular formula is C10H15Li. The molecule has 0 N–H and O–H groups in total. The second-order valence-electron chi connectivity index (χ2n) is 5.29. The zero-order valence-electron chi connectivity index (χ0n) is 7.42. The molecule has 4 bridgehead atoms. The Morgan fingerprint density at radius 3 is 1.64 bits per heavy atom. The predicted molar refractivity (Wildman–Crippen MR) is 46.5 cm³/mol. The number of rotatable bonds is 0. The average molecular weight is 142 g/mol. The van der Waals surface area contributed by atoms with Crippen molar-refractivity contribution in [1.82, 2.24) is 0 Å². The van der Waals surface area contributed by atoms with E-state index in [1.54, 1.807) is 32.1 Å². The average Bonchev–Trinajstić information content (AvgIpc) is 1.98. The molecule has 0 aliphatic heterocycles. The van der Waals surface area contributed by atoms with Crippen molar-refractivity contribution in [2.75, 3.05) is 0 Å². The van der Waals surface area contributed by atoms with Gasteiger partial charge in [0.1, 0.15) is 0 Å². The first-order valence-electron chi connectivity index (χ1n) is 5.33. The van der Waals surface area contributed by atoms with Gasteiger partial charge in [0.05, 0.1) is 0 Å². The molecule has 1 heteroatoms. The molecule has 11 heavy (non-hydrogen) atoms. The minimum absolute atomic E-state index is 1.09. The zero-order valence-corrected chi connectivity index (χ0v) is 7.42. The van der Waals surface area contributed by atoms with Gasteiger partial charge in [0.15, 0.2) is 0 Å². The summed E-state index contributed by atoms with van der Waals surface area (Å²) in [4.78, 5) is 0. The molecule has 4 fully saturated rings. The minimum atomic E-state index is 1.09. The second-order valence-corrected chi connectivity index (χ2v) is 5.29. The van der Waals surface area contributed by atoms with Gasteiger partial charge in [0.25, 0.3) is 0 Å². The molecule has 4 rings (SSSR count). The van der Waals surface area contributed by atoms with Crippen LogP contribution in [0.5, 0.6) is 0 Å². The molecule has 4 aliphatic rings. The van der Waals surface area contributed by atoms with Gasteiger partial charge in [-0.1, -0.05) is 0 Å². The molecule has 0 aromatic carbocycles. The molecule has 0 saturated heterocycles. The Morgan fingerprint density at radius 1 is 0.727 bits per heavy atom. The van der Waals surface area contributed by atoms with E-state index in [2.05, 4.69) is 17.7 Å². The van der Waals surface area contributed by atoms with Gasteiger partial charge in [-0.3, -0.25) is 0 Å². The molecule has 0 unspecified atom stereocenters. The van der Waals surface area contributed by atoms with Gasteiger partial charge < -0.3 is 0 Å². The molecule has 0 heterocycles. The molecule has 0 aromatic rings. The van der Waals surface area contributed by atoms with Gasteiger partial charge >= 0.3 is 78.1 Å². The maximum atomic E-state index is 2.51. The Morgan fingerprint density at radius 2 is 1.18 bits per heavy atom. The quantitative estimate of drug-likeness (QED) is 0.455. The Balaban J connectivity index is 1.91. The summed E-state index contributed by atoms with van der Waals surface area (Å²) in [5.41, 5.74) is 0. The third kappa shape index (κ3) is 0.958. The monoisotopic (exact) mass is 142 g/mol. The van der Waals surface area contributed by atoms with Crippen molar-refractivity contribution < 1.29 is 0 Å². The number of hydrogen-bond acceptors (Lipinski definition) is 0. The van der Waals surface area contributed by atoms with E-state index in [-0.39, 0.29) is 0 Å². The van der Waals surface area contributed by atoms with E-state index in [0.29, 0.717) is 0 Å².